The van der Waals surface area contributed by atoms with Gasteiger partial charge in [-0.3, -0.25) is 14.3 Å². The highest BCUT2D eigenvalue weighted by molar-refractivity contribution is 7.18. The van der Waals surface area contributed by atoms with E-state index in [1.165, 1.54) is 15.9 Å². The fraction of sp³-hybridized carbons (Fsp3) is 0.385. The smallest absolute Gasteiger partial charge is 0.298 e. The summed E-state index contributed by atoms with van der Waals surface area (Å²) in [5.41, 5.74) is 0.638. The van der Waals surface area contributed by atoms with Gasteiger partial charge in [0.05, 0.1) is 5.39 Å². The highest BCUT2D eigenvalue weighted by Crippen LogP contribution is 2.32. The summed E-state index contributed by atoms with van der Waals surface area (Å²) in [4.78, 5) is 29.0. The van der Waals surface area contributed by atoms with Crippen molar-refractivity contribution in [3.8, 4) is 0 Å². The van der Waals surface area contributed by atoms with E-state index in [1.807, 2.05) is 0 Å². The first-order valence-corrected chi connectivity index (χ1v) is 6.92. The summed E-state index contributed by atoms with van der Waals surface area (Å²) in [5.74, 6) is 0. The van der Waals surface area contributed by atoms with Crippen LogP contribution in [-0.2, 0) is 19.4 Å². The third kappa shape index (κ3) is 1.58. The Morgan fingerprint density at radius 3 is 2.89 bits per heavy atom. The van der Waals surface area contributed by atoms with Gasteiger partial charge in [-0.25, -0.2) is 4.79 Å². The predicted molar refractivity (Wildman–Crippen MR) is 73.5 cm³/mol. The molecule has 0 atom stereocenters. The van der Waals surface area contributed by atoms with Crippen molar-refractivity contribution in [1.29, 1.82) is 0 Å². The average molecular weight is 262 g/mol. The van der Waals surface area contributed by atoms with Gasteiger partial charge in [0, 0.05) is 11.4 Å². The molecule has 0 unspecified atom stereocenters. The van der Waals surface area contributed by atoms with Crippen LogP contribution in [0.5, 0.6) is 0 Å². The van der Waals surface area contributed by atoms with Gasteiger partial charge in [0.15, 0.2) is 0 Å². The van der Waals surface area contributed by atoms with Crippen molar-refractivity contribution in [3.63, 3.8) is 0 Å². The van der Waals surface area contributed by atoms with Crippen LogP contribution < -0.4 is 11.2 Å². The maximum atomic E-state index is 12.4. The minimum atomic E-state index is -0.342. The molecule has 1 aliphatic rings. The van der Waals surface area contributed by atoms with Crippen LogP contribution in [0, 0.1) is 0 Å². The number of rotatable bonds is 2. The van der Waals surface area contributed by atoms with Crippen LogP contribution in [0.15, 0.2) is 22.2 Å². The molecule has 2 aromatic heterocycles. The van der Waals surface area contributed by atoms with Gasteiger partial charge in [0.25, 0.3) is 5.56 Å². The van der Waals surface area contributed by atoms with Crippen LogP contribution in [0.1, 0.15) is 23.3 Å². The summed E-state index contributed by atoms with van der Waals surface area (Å²) in [5, 5.41) is 0.719. The Hall–Kier alpha value is -1.62. The van der Waals surface area contributed by atoms with Crippen LogP contribution in [0.4, 0.5) is 0 Å². The monoisotopic (exact) mass is 262 g/mol. The van der Waals surface area contributed by atoms with Gasteiger partial charge in [-0.15, -0.1) is 17.9 Å². The largest absolute Gasteiger partial charge is 0.329 e. The molecule has 18 heavy (non-hydrogen) atoms. The molecule has 0 saturated heterocycles. The third-order valence-electron chi connectivity index (χ3n) is 3.41. The fourth-order valence-electron chi connectivity index (χ4n) is 2.57. The van der Waals surface area contributed by atoms with Crippen LogP contribution in [0.2, 0.25) is 0 Å². The highest BCUT2D eigenvalue weighted by Gasteiger charge is 2.20. The molecule has 5 heteroatoms. The number of nitrogens with one attached hydrogen (secondary N) is 1. The molecule has 0 bridgehead atoms. The molecule has 1 N–H and O–H groups in total. The van der Waals surface area contributed by atoms with Crippen molar-refractivity contribution < 1.29 is 0 Å². The molecule has 0 radical (unpaired) electrons. The van der Waals surface area contributed by atoms with E-state index in [-0.39, 0.29) is 17.8 Å². The first-order chi connectivity index (χ1) is 8.72. The van der Waals surface area contributed by atoms with Crippen molar-refractivity contribution in [3.05, 3.63) is 43.9 Å². The Bertz CT molecular complexity index is 736. The van der Waals surface area contributed by atoms with Crippen LogP contribution in [0.25, 0.3) is 10.2 Å². The minimum Gasteiger partial charge on any atom is -0.298 e. The summed E-state index contributed by atoms with van der Waals surface area (Å²) in [7, 11) is 0. The maximum absolute atomic E-state index is 12.4. The molecule has 4 nitrogen and oxygen atoms in total. The van der Waals surface area contributed by atoms with E-state index < -0.39 is 0 Å². The van der Waals surface area contributed by atoms with E-state index >= 15 is 0 Å². The van der Waals surface area contributed by atoms with Crippen molar-refractivity contribution in [1.82, 2.24) is 9.55 Å². The first kappa shape index (κ1) is 11.5. The van der Waals surface area contributed by atoms with E-state index in [0.29, 0.717) is 0 Å². The Labute approximate surface area is 108 Å². The summed E-state index contributed by atoms with van der Waals surface area (Å²) >= 11 is 1.56. The quantitative estimate of drug-likeness (QED) is 0.839. The van der Waals surface area contributed by atoms with Gasteiger partial charge in [0.1, 0.15) is 4.83 Å². The minimum absolute atomic E-state index is 0.173. The summed E-state index contributed by atoms with van der Waals surface area (Å²) in [6, 6.07) is 0. The molecular weight excluding hydrogens is 248 g/mol. The van der Waals surface area contributed by atoms with Gasteiger partial charge in [-0.2, -0.15) is 0 Å². The van der Waals surface area contributed by atoms with Crippen LogP contribution in [0.3, 0.4) is 0 Å². The zero-order valence-corrected chi connectivity index (χ0v) is 10.8. The van der Waals surface area contributed by atoms with Gasteiger partial charge >= 0.3 is 5.69 Å². The van der Waals surface area contributed by atoms with Crippen molar-refractivity contribution >= 4 is 21.6 Å². The first-order valence-electron chi connectivity index (χ1n) is 6.10. The number of H-pyrrole nitrogens is 1. The molecule has 2 aromatic rings. The van der Waals surface area contributed by atoms with E-state index in [1.54, 1.807) is 17.4 Å². The zero-order valence-electron chi connectivity index (χ0n) is 9.99. The van der Waals surface area contributed by atoms with Crippen molar-refractivity contribution in [2.75, 3.05) is 0 Å². The Kier molecular flexibility index (Phi) is 2.70. The normalized spacial score (nSPS) is 14.7. The number of aromatic amines is 1. The number of hydrogen-bond acceptors (Lipinski definition) is 3. The molecule has 0 saturated carbocycles. The number of thiophene rings is 1. The second kappa shape index (κ2) is 4.24. The Morgan fingerprint density at radius 2 is 2.11 bits per heavy atom. The zero-order chi connectivity index (χ0) is 12.7. The van der Waals surface area contributed by atoms with Crippen LogP contribution in [-0.4, -0.2) is 9.55 Å². The molecule has 0 fully saturated rings. The van der Waals surface area contributed by atoms with Gasteiger partial charge < -0.3 is 0 Å². The molecule has 0 aliphatic heterocycles. The SMILES string of the molecule is C=CCn1c(=O)[nH]c2sc3c(c2c1=O)CCCC3. The van der Waals surface area contributed by atoms with Crippen molar-refractivity contribution in [2.24, 2.45) is 0 Å². The molecule has 1 aliphatic carbocycles. The molecule has 94 valence electrons. The van der Waals surface area contributed by atoms with Gasteiger partial charge in [0.2, 0.25) is 0 Å². The lowest BCUT2D eigenvalue weighted by molar-refractivity contribution is 0.695. The number of aryl methyl sites for hydroxylation is 2. The number of hydrogen-bond donors (Lipinski definition) is 1. The number of fused-ring (bicyclic) bond motifs is 3. The molecule has 0 amide bonds. The van der Waals surface area contributed by atoms with E-state index in [0.717, 1.165) is 35.0 Å². The number of nitrogens with zero attached hydrogens (tertiary/aromatic N) is 1. The Balaban J connectivity index is 2.39. The fourth-order valence-corrected chi connectivity index (χ4v) is 3.84. The summed E-state index contributed by atoms with van der Waals surface area (Å²) < 4.78 is 1.22. The van der Waals surface area contributed by atoms with Gasteiger partial charge in [-0.1, -0.05) is 6.08 Å². The number of aromatic nitrogens is 2. The standard InChI is InChI=1S/C13H14N2O2S/c1-2-7-15-12(16)10-8-5-3-4-6-9(8)18-11(10)14-13(15)17/h2H,1,3-7H2,(H,14,17). The molecular formula is C13H14N2O2S. The van der Waals surface area contributed by atoms with Crippen molar-refractivity contribution in [2.45, 2.75) is 32.2 Å². The molecule has 2 heterocycles. The molecule has 0 aromatic carbocycles. The Morgan fingerprint density at radius 1 is 1.33 bits per heavy atom. The maximum Gasteiger partial charge on any atom is 0.329 e. The summed E-state index contributed by atoms with van der Waals surface area (Å²) in [6.45, 7) is 3.84. The number of allylic oxidation sites excluding steroid dienone is 1. The lowest BCUT2D eigenvalue weighted by Gasteiger charge is -2.10. The van der Waals surface area contributed by atoms with E-state index in [9.17, 15) is 9.59 Å². The molecule has 0 spiro atoms. The second-order valence-corrected chi connectivity index (χ2v) is 5.65. The highest BCUT2D eigenvalue weighted by atomic mass is 32.1. The predicted octanol–water partition coefficient (Wildman–Crippen LogP) is 1.82. The lowest BCUT2D eigenvalue weighted by Crippen LogP contribution is -2.34. The van der Waals surface area contributed by atoms with E-state index in [2.05, 4.69) is 11.6 Å². The van der Waals surface area contributed by atoms with Crippen LogP contribution >= 0.6 is 11.3 Å². The lowest BCUT2D eigenvalue weighted by atomic mass is 9.97. The molecule has 3 rings (SSSR count). The van der Waals surface area contributed by atoms with Gasteiger partial charge in [-0.05, 0) is 31.2 Å². The third-order valence-corrected chi connectivity index (χ3v) is 4.61. The second-order valence-electron chi connectivity index (χ2n) is 4.55. The van der Waals surface area contributed by atoms with E-state index in [4.69, 9.17) is 0 Å². The summed E-state index contributed by atoms with van der Waals surface area (Å²) in [6.07, 6.45) is 5.84. The average Bonchev–Trinajstić information content (AvgIpc) is 2.72. The topological polar surface area (TPSA) is 54.9 Å².